The van der Waals surface area contributed by atoms with Crippen LogP contribution in [0.4, 0.5) is 34.1 Å². The molecule has 3 heterocycles. The van der Waals surface area contributed by atoms with Crippen molar-refractivity contribution in [2.75, 3.05) is 9.80 Å². The quantitative estimate of drug-likeness (QED) is 0.163. The van der Waals surface area contributed by atoms with Crippen molar-refractivity contribution in [1.82, 2.24) is 0 Å². The second kappa shape index (κ2) is 14.5. The lowest BCUT2D eigenvalue weighted by molar-refractivity contribution is 0.332. The van der Waals surface area contributed by atoms with Crippen molar-refractivity contribution in [3.63, 3.8) is 0 Å². The molecule has 2 aliphatic heterocycles. The first-order valence-electron chi connectivity index (χ1n) is 25.4. The summed E-state index contributed by atoms with van der Waals surface area (Å²) in [7, 11) is 0. The molecule has 4 heteroatoms. The molecule has 4 aliphatic rings. The van der Waals surface area contributed by atoms with E-state index in [-0.39, 0.29) is 33.8 Å². The van der Waals surface area contributed by atoms with Crippen LogP contribution in [0.25, 0.3) is 31.3 Å². The molecule has 0 atom stereocenters. The largest absolute Gasteiger partial charge is 0.311 e. The molecule has 0 radical (unpaired) electrons. The van der Waals surface area contributed by atoms with Gasteiger partial charge in [-0.05, 0) is 188 Å². The SMILES string of the molecule is Cc1cc(C(C)(C)C)ccc1N1c2cc3c(cc2B2c4cc5sc6cc7c(cc6c5cc4N(c4ccccc4C)c4cc(-c5ccccc5)cc1c42)C(C)(C)CCC7(C)C)C(C)(C)CCC3(C)C. The molecule has 7 aromatic carbocycles. The molecule has 2 nitrogen and oxygen atoms in total. The topological polar surface area (TPSA) is 6.48 Å². The number of hydrogen-bond acceptors (Lipinski definition) is 3. The molecule has 0 saturated heterocycles. The van der Waals surface area contributed by atoms with Gasteiger partial charge in [0, 0.05) is 54.3 Å². The Morgan fingerprint density at radius 3 is 1.54 bits per heavy atom. The lowest BCUT2D eigenvalue weighted by atomic mass is 9.33. The van der Waals surface area contributed by atoms with Crippen molar-refractivity contribution < 1.29 is 0 Å². The van der Waals surface area contributed by atoms with Gasteiger partial charge in [-0.3, -0.25) is 0 Å². The van der Waals surface area contributed by atoms with E-state index < -0.39 is 0 Å². The van der Waals surface area contributed by atoms with Gasteiger partial charge >= 0.3 is 0 Å². The fraction of sp³-hybridized carbons (Fsp3) is 0.344. The number of thiophene rings is 1. The number of fused-ring (bicyclic) bond motifs is 9. The maximum absolute atomic E-state index is 2.69. The monoisotopic (exact) mass is 907 g/mol. The van der Waals surface area contributed by atoms with Crippen molar-refractivity contribution in [3.8, 4) is 11.1 Å². The minimum Gasteiger partial charge on any atom is -0.311 e. The van der Waals surface area contributed by atoms with Crippen molar-refractivity contribution >= 4 is 88.7 Å². The Kier molecular flexibility index (Phi) is 9.31. The van der Waals surface area contributed by atoms with Crippen molar-refractivity contribution in [3.05, 3.63) is 160 Å². The normalized spacial score (nSPS) is 18.2. The van der Waals surface area contributed by atoms with Crippen LogP contribution in [0, 0.1) is 13.8 Å². The van der Waals surface area contributed by atoms with E-state index in [1.54, 1.807) is 0 Å². The highest BCUT2D eigenvalue weighted by Gasteiger charge is 2.47. The molecule has 0 saturated carbocycles. The lowest BCUT2D eigenvalue weighted by Crippen LogP contribution is -2.62. The Hall–Kier alpha value is -5.58. The van der Waals surface area contributed by atoms with Crippen LogP contribution in [0.5, 0.6) is 0 Å². The number of rotatable bonds is 3. The number of aryl methyl sites for hydroxylation is 2. The summed E-state index contributed by atoms with van der Waals surface area (Å²) in [5.41, 5.74) is 24.7. The van der Waals surface area contributed by atoms with E-state index in [9.17, 15) is 0 Å². The van der Waals surface area contributed by atoms with Crippen LogP contribution < -0.4 is 26.2 Å². The molecular formula is C64H67BN2S. The molecule has 0 spiro atoms. The number of hydrogen-bond donors (Lipinski definition) is 0. The average molecular weight is 907 g/mol. The minimum absolute atomic E-state index is 0.0207. The predicted octanol–water partition coefficient (Wildman–Crippen LogP) is 16.4. The van der Waals surface area contributed by atoms with Gasteiger partial charge in [-0.2, -0.15) is 0 Å². The van der Waals surface area contributed by atoms with E-state index in [2.05, 4.69) is 221 Å². The van der Waals surface area contributed by atoms with Crippen LogP contribution in [-0.2, 0) is 27.1 Å². The second-order valence-electron chi connectivity index (χ2n) is 24.8. The number of nitrogens with zero attached hydrogens (tertiary/aromatic N) is 2. The Labute approximate surface area is 410 Å². The molecule has 0 amide bonds. The van der Waals surface area contributed by atoms with Gasteiger partial charge in [0.15, 0.2) is 0 Å². The first kappa shape index (κ1) is 43.7. The highest BCUT2D eigenvalue weighted by atomic mass is 32.1. The van der Waals surface area contributed by atoms with E-state index in [0.29, 0.717) is 0 Å². The highest BCUT2D eigenvalue weighted by molar-refractivity contribution is 7.26. The van der Waals surface area contributed by atoms with Gasteiger partial charge in [0.05, 0.1) is 0 Å². The van der Waals surface area contributed by atoms with Crippen LogP contribution in [0.1, 0.15) is 141 Å². The second-order valence-corrected chi connectivity index (χ2v) is 25.9. The predicted molar refractivity (Wildman–Crippen MR) is 298 cm³/mol. The zero-order valence-corrected chi connectivity index (χ0v) is 43.6. The maximum atomic E-state index is 2.69. The summed E-state index contributed by atoms with van der Waals surface area (Å²) < 4.78 is 2.78. The summed E-state index contributed by atoms with van der Waals surface area (Å²) in [5.74, 6) is 0. The fourth-order valence-electron chi connectivity index (χ4n) is 12.9. The lowest BCUT2D eigenvalue weighted by Gasteiger charge is -2.48. The third-order valence-electron chi connectivity index (χ3n) is 17.4. The number of anilines is 6. The van der Waals surface area contributed by atoms with Gasteiger partial charge in [-0.1, -0.05) is 143 Å². The van der Waals surface area contributed by atoms with E-state index in [0.717, 1.165) is 0 Å². The van der Waals surface area contributed by atoms with E-state index in [1.165, 1.54) is 146 Å². The van der Waals surface area contributed by atoms with Crippen LogP contribution in [0.2, 0.25) is 0 Å². The van der Waals surface area contributed by atoms with Crippen molar-refractivity contribution in [2.24, 2.45) is 0 Å². The summed E-state index contributed by atoms with van der Waals surface area (Å²) in [6, 6.07) is 48.3. The molecule has 2 aliphatic carbocycles. The highest BCUT2D eigenvalue weighted by Crippen LogP contribution is 2.54. The van der Waals surface area contributed by atoms with Gasteiger partial charge in [-0.25, -0.2) is 0 Å². The Morgan fingerprint density at radius 2 is 0.941 bits per heavy atom. The standard InChI is InChI=1S/C64H67BN2S/c1-38-19-17-18-22-51(38)66-53-33-44-43-32-45-48(64(12,13)28-25-61(45,6)7)36-57(43)68-58(44)37-50(53)65-49-34-46-47(63(10,11)27-26-62(46,8)9)35-54(49)67(52-24-23-42(29-39(52)2)60(3,4)5)56-31-41(30-55(66)59(56)65)40-20-15-14-16-21-40/h14-24,29-37H,25-28H2,1-13H3. The zero-order chi connectivity index (χ0) is 47.6. The van der Waals surface area contributed by atoms with Crippen LogP contribution in [0.15, 0.2) is 121 Å². The summed E-state index contributed by atoms with van der Waals surface area (Å²) in [5, 5.41) is 2.77. The molecule has 0 N–H and O–H groups in total. The van der Waals surface area contributed by atoms with E-state index in [1.807, 2.05) is 11.3 Å². The van der Waals surface area contributed by atoms with Gasteiger partial charge < -0.3 is 9.80 Å². The molecule has 0 unspecified atom stereocenters. The summed E-state index contributed by atoms with van der Waals surface area (Å²) >= 11 is 2.00. The smallest absolute Gasteiger partial charge is 0.252 e. The van der Waals surface area contributed by atoms with Gasteiger partial charge in [0.2, 0.25) is 0 Å². The van der Waals surface area contributed by atoms with Gasteiger partial charge in [-0.15, -0.1) is 11.3 Å². The Balaban J connectivity index is 1.24. The first-order chi connectivity index (χ1) is 32.1. The molecule has 1 aromatic heterocycles. The molecular weight excluding hydrogens is 840 g/mol. The summed E-state index contributed by atoms with van der Waals surface area (Å²) in [4.78, 5) is 5.34. The van der Waals surface area contributed by atoms with Crippen molar-refractivity contribution in [1.29, 1.82) is 0 Å². The Morgan fingerprint density at radius 1 is 0.441 bits per heavy atom. The van der Waals surface area contributed by atoms with Crippen LogP contribution in [0.3, 0.4) is 0 Å². The fourth-order valence-corrected chi connectivity index (χ4v) is 14.0. The van der Waals surface area contributed by atoms with Gasteiger partial charge in [0.25, 0.3) is 6.71 Å². The third-order valence-corrected chi connectivity index (χ3v) is 18.5. The third kappa shape index (κ3) is 6.41. The van der Waals surface area contributed by atoms with Gasteiger partial charge in [0.1, 0.15) is 0 Å². The van der Waals surface area contributed by atoms with E-state index >= 15 is 0 Å². The molecule has 0 fully saturated rings. The first-order valence-corrected chi connectivity index (χ1v) is 26.2. The zero-order valence-electron chi connectivity index (χ0n) is 42.8. The van der Waals surface area contributed by atoms with E-state index in [4.69, 9.17) is 0 Å². The van der Waals surface area contributed by atoms with Crippen LogP contribution in [-0.4, -0.2) is 6.71 Å². The minimum atomic E-state index is 0.0207. The number of para-hydroxylation sites is 1. The van der Waals surface area contributed by atoms with Crippen molar-refractivity contribution in [2.45, 2.75) is 143 Å². The summed E-state index contributed by atoms with van der Waals surface area (Å²) in [6.45, 7) is 31.5. The van der Waals surface area contributed by atoms with Crippen LogP contribution >= 0.6 is 11.3 Å². The summed E-state index contributed by atoms with van der Waals surface area (Å²) in [6.07, 6.45) is 4.76. The molecule has 0 bridgehead atoms. The average Bonchev–Trinajstić information content (AvgIpc) is 3.65. The Bertz CT molecular complexity index is 3430. The molecule has 12 rings (SSSR count). The number of benzene rings is 7. The molecule has 68 heavy (non-hydrogen) atoms. The molecule has 342 valence electrons. The maximum Gasteiger partial charge on any atom is 0.252 e. The molecule has 8 aromatic rings.